The van der Waals surface area contributed by atoms with Crippen LogP contribution in [0.15, 0.2) is 112 Å². The summed E-state index contributed by atoms with van der Waals surface area (Å²) in [5.41, 5.74) is 5.45. The van der Waals surface area contributed by atoms with Crippen LogP contribution in [0, 0.1) is 0 Å². The molecular formula is C33H29BrN6O2. The fraction of sp³-hybridized carbons (Fsp3) is 0.182. The molecule has 0 saturated carbocycles. The van der Waals surface area contributed by atoms with Crippen LogP contribution in [0.1, 0.15) is 22.0 Å². The zero-order valence-electron chi connectivity index (χ0n) is 22.9. The Hall–Kier alpha value is -4.63. The first-order valence-corrected chi connectivity index (χ1v) is 14.8. The summed E-state index contributed by atoms with van der Waals surface area (Å²) in [7, 11) is 0. The van der Waals surface area contributed by atoms with Crippen LogP contribution in [0.3, 0.4) is 0 Å². The molecule has 0 spiro atoms. The zero-order valence-corrected chi connectivity index (χ0v) is 24.5. The van der Waals surface area contributed by atoms with Crippen LogP contribution in [-0.2, 0) is 13.1 Å². The maximum atomic E-state index is 13.2. The van der Waals surface area contributed by atoms with Gasteiger partial charge in [-0.05, 0) is 48.0 Å². The lowest BCUT2D eigenvalue weighted by Crippen LogP contribution is -2.48. The highest BCUT2D eigenvalue weighted by molar-refractivity contribution is 9.10. The number of carbonyl (C=O) groups excluding carboxylic acids is 1. The number of para-hydroxylation sites is 1. The number of halogens is 1. The third-order valence-corrected chi connectivity index (χ3v) is 8.21. The number of furan rings is 1. The Labute approximate surface area is 251 Å². The minimum absolute atomic E-state index is 0.0812. The molecule has 0 radical (unpaired) electrons. The number of aromatic nitrogens is 4. The first-order valence-electron chi connectivity index (χ1n) is 14.0. The fourth-order valence-electron chi connectivity index (χ4n) is 5.61. The van der Waals surface area contributed by atoms with Crippen LogP contribution in [0.5, 0.6) is 0 Å². The van der Waals surface area contributed by atoms with Gasteiger partial charge in [-0.2, -0.15) is 0 Å². The van der Waals surface area contributed by atoms with E-state index in [1.807, 2.05) is 35.4 Å². The molecule has 0 bridgehead atoms. The molecule has 4 heterocycles. The van der Waals surface area contributed by atoms with Crippen molar-refractivity contribution in [3.05, 3.63) is 125 Å². The molecule has 0 N–H and O–H groups in total. The van der Waals surface area contributed by atoms with E-state index in [4.69, 9.17) is 4.42 Å². The maximum Gasteiger partial charge on any atom is 0.289 e. The monoisotopic (exact) mass is 620 g/mol. The van der Waals surface area contributed by atoms with Crippen molar-refractivity contribution in [2.75, 3.05) is 31.1 Å². The van der Waals surface area contributed by atoms with E-state index in [0.717, 1.165) is 45.7 Å². The number of benzene rings is 3. The Morgan fingerprint density at radius 1 is 0.833 bits per heavy atom. The molecule has 42 heavy (non-hydrogen) atoms. The van der Waals surface area contributed by atoms with Crippen molar-refractivity contribution in [1.82, 2.24) is 24.5 Å². The van der Waals surface area contributed by atoms with Crippen molar-refractivity contribution < 1.29 is 9.21 Å². The van der Waals surface area contributed by atoms with Crippen molar-refractivity contribution in [1.29, 1.82) is 0 Å². The van der Waals surface area contributed by atoms with Crippen molar-refractivity contribution in [2.45, 2.75) is 13.1 Å². The smallest absolute Gasteiger partial charge is 0.289 e. The molecule has 0 aliphatic carbocycles. The van der Waals surface area contributed by atoms with Crippen LogP contribution in [0.25, 0.3) is 22.2 Å². The summed E-state index contributed by atoms with van der Waals surface area (Å²) in [6.45, 7) is 3.83. The topological polar surface area (TPSA) is 72.3 Å². The Morgan fingerprint density at radius 3 is 2.48 bits per heavy atom. The molecule has 0 unspecified atom stereocenters. The molecule has 1 amide bonds. The summed E-state index contributed by atoms with van der Waals surface area (Å²) in [5, 5.41) is 9.99. The lowest BCUT2D eigenvalue weighted by atomic mass is 10.1. The van der Waals surface area contributed by atoms with E-state index in [1.165, 1.54) is 5.39 Å². The van der Waals surface area contributed by atoms with E-state index in [1.54, 1.807) is 10.7 Å². The normalized spacial score (nSPS) is 13.6. The van der Waals surface area contributed by atoms with Crippen molar-refractivity contribution in [2.24, 2.45) is 0 Å². The average molecular weight is 622 g/mol. The summed E-state index contributed by atoms with van der Waals surface area (Å²) in [5.74, 6) is 0.939. The second-order valence-electron chi connectivity index (χ2n) is 10.5. The van der Waals surface area contributed by atoms with E-state index in [0.29, 0.717) is 37.7 Å². The molecule has 1 aliphatic heterocycles. The molecule has 6 aromatic rings. The first kappa shape index (κ1) is 26.3. The SMILES string of the molecule is O=C(c1ccc(Cn2cc(Cn3c(-c4ccccc4)cc4ccccc43)nn2)o1)N1CCN(c2cccc(Br)c2)CC1. The molecular weight excluding hydrogens is 592 g/mol. The minimum atomic E-state index is -0.0812. The Kier molecular flexibility index (Phi) is 7.09. The number of hydrogen-bond donors (Lipinski definition) is 0. The van der Waals surface area contributed by atoms with Gasteiger partial charge < -0.3 is 18.8 Å². The minimum Gasteiger partial charge on any atom is -0.454 e. The van der Waals surface area contributed by atoms with Crippen molar-refractivity contribution >= 4 is 38.4 Å². The summed E-state index contributed by atoms with van der Waals surface area (Å²) in [6.07, 6.45) is 1.94. The fourth-order valence-corrected chi connectivity index (χ4v) is 6.00. The van der Waals surface area contributed by atoms with Gasteiger partial charge in [-0.3, -0.25) is 4.79 Å². The molecule has 210 valence electrons. The van der Waals surface area contributed by atoms with E-state index in [9.17, 15) is 4.79 Å². The molecule has 9 heteroatoms. The Morgan fingerprint density at radius 2 is 1.64 bits per heavy atom. The zero-order chi connectivity index (χ0) is 28.5. The van der Waals surface area contributed by atoms with Crippen LogP contribution in [0.4, 0.5) is 5.69 Å². The molecule has 1 fully saturated rings. The maximum absolute atomic E-state index is 13.2. The van der Waals surface area contributed by atoms with Gasteiger partial charge in [-0.15, -0.1) is 5.10 Å². The van der Waals surface area contributed by atoms with Crippen LogP contribution in [-0.4, -0.2) is 56.5 Å². The molecule has 3 aromatic carbocycles. The summed E-state index contributed by atoms with van der Waals surface area (Å²) >= 11 is 3.54. The highest BCUT2D eigenvalue weighted by Crippen LogP contribution is 2.29. The number of carbonyl (C=O) groups is 1. The van der Waals surface area contributed by atoms with Gasteiger partial charge in [0.15, 0.2) is 5.76 Å². The van der Waals surface area contributed by atoms with E-state index < -0.39 is 0 Å². The summed E-state index contributed by atoms with van der Waals surface area (Å²) in [4.78, 5) is 17.3. The van der Waals surface area contributed by atoms with Gasteiger partial charge in [-0.1, -0.05) is 75.7 Å². The van der Waals surface area contributed by atoms with Crippen molar-refractivity contribution in [3.63, 3.8) is 0 Å². The lowest BCUT2D eigenvalue weighted by molar-refractivity contribution is 0.0712. The van der Waals surface area contributed by atoms with Gasteiger partial charge in [0, 0.05) is 52.9 Å². The Balaban J connectivity index is 1.02. The van der Waals surface area contributed by atoms with Gasteiger partial charge in [0.1, 0.15) is 18.0 Å². The summed E-state index contributed by atoms with van der Waals surface area (Å²) in [6, 6.07) is 32.8. The molecule has 1 aliphatic rings. The number of rotatable bonds is 7. The van der Waals surface area contributed by atoms with Gasteiger partial charge in [0.25, 0.3) is 5.91 Å². The number of hydrogen-bond acceptors (Lipinski definition) is 5. The van der Waals surface area contributed by atoms with E-state index in [-0.39, 0.29) is 5.91 Å². The number of anilines is 1. The molecule has 0 atom stereocenters. The highest BCUT2D eigenvalue weighted by Gasteiger charge is 2.25. The van der Waals surface area contributed by atoms with Crippen LogP contribution < -0.4 is 4.90 Å². The van der Waals surface area contributed by atoms with Crippen molar-refractivity contribution in [3.8, 4) is 11.3 Å². The average Bonchev–Trinajstić information content (AvgIpc) is 3.77. The number of amides is 1. The quantitative estimate of drug-likeness (QED) is 0.209. The molecule has 1 saturated heterocycles. The van der Waals surface area contributed by atoms with Gasteiger partial charge >= 0.3 is 0 Å². The third kappa shape index (κ3) is 5.35. The first-order chi connectivity index (χ1) is 20.6. The van der Waals surface area contributed by atoms with E-state index >= 15 is 0 Å². The number of fused-ring (bicyclic) bond motifs is 1. The molecule has 3 aromatic heterocycles. The number of piperazine rings is 1. The van der Waals surface area contributed by atoms with Gasteiger partial charge in [0.05, 0.1) is 12.7 Å². The van der Waals surface area contributed by atoms with Crippen LogP contribution in [0.2, 0.25) is 0 Å². The molecule has 7 rings (SSSR count). The number of nitrogens with zero attached hydrogens (tertiary/aromatic N) is 6. The lowest BCUT2D eigenvalue weighted by Gasteiger charge is -2.35. The van der Waals surface area contributed by atoms with Gasteiger partial charge in [0.2, 0.25) is 0 Å². The third-order valence-electron chi connectivity index (χ3n) is 7.72. The summed E-state index contributed by atoms with van der Waals surface area (Å²) < 4.78 is 11.1. The standard InChI is InChI=1S/C33H29BrN6O2/c34-26-10-6-11-28(20-26)37-15-17-38(18-16-37)33(41)32-14-13-29(42-32)23-39-21-27(35-36-39)22-40-30-12-5-4-9-25(30)19-31(40)24-7-2-1-3-8-24/h1-14,19-21H,15-18,22-23H2. The largest absolute Gasteiger partial charge is 0.454 e. The molecule has 8 nitrogen and oxygen atoms in total. The predicted molar refractivity (Wildman–Crippen MR) is 167 cm³/mol. The second kappa shape index (κ2) is 11.3. The highest BCUT2D eigenvalue weighted by atomic mass is 79.9. The second-order valence-corrected chi connectivity index (χ2v) is 11.4. The van der Waals surface area contributed by atoms with Gasteiger partial charge in [-0.25, -0.2) is 4.68 Å². The van der Waals surface area contributed by atoms with E-state index in [2.05, 4.69) is 102 Å². The Bertz CT molecular complexity index is 1850. The van der Waals surface area contributed by atoms with Crippen LogP contribution >= 0.6 is 15.9 Å². The predicted octanol–water partition coefficient (Wildman–Crippen LogP) is 6.31.